The number of aryl methyl sites for hydroxylation is 2. The number of benzene rings is 1. The van der Waals surface area contributed by atoms with Gasteiger partial charge in [-0.1, -0.05) is 30.3 Å². The van der Waals surface area contributed by atoms with E-state index in [2.05, 4.69) is 34.1 Å². The molecule has 122 valence electrons. The van der Waals surface area contributed by atoms with Gasteiger partial charge in [-0.25, -0.2) is 4.98 Å². The van der Waals surface area contributed by atoms with Crippen LogP contribution in [0.2, 0.25) is 0 Å². The van der Waals surface area contributed by atoms with Crippen molar-refractivity contribution in [1.29, 1.82) is 0 Å². The summed E-state index contributed by atoms with van der Waals surface area (Å²) in [5.41, 5.74) is 2.19. The first-order valence-electron chi connectivity index (χ1n) is 8.16. The molecule has 0 aliphatic carbocycles. The summed E-state index contributed by atoms with van der Waals surface area (Å²) < 4.78 is 5.17. The van der Waals surface area contributed by atoms with Crippen molar-refractivity contribution in [2.24, 2.45) is 0 Å². The first kappa shape index (κ1) is 15.7. The maximum atomic E-state index is 12.3. The van der Waals surface area contributed by atoms with Crippen LogP contribution in [0.3, 0.4) is 0 Å². The Labute approximate surface area is 136 Å². The van der Waals surface area contributed by atoms with E-state index >= 15 is 0 Å². The second-order valence-electron chi connectivity index (χ2n) is 6.00. The minimum absolute atomic E-state index is 0.213. The molecule has 0 spiro atoms. The molecule has 0 unspecified atom stereocenters. The summed E-state index contributed by atoms with van der Waals surface area (Å²) in [4.78, 5) is 20.9. The normalized spacial score (nSPS) is 15.8. The van der Waals surface area contributed by atoms with Gasteiger partial charge in [0.15, 0.2) is 5.89 Å². The number of amides is 1. The molecule has 23 heavy (non-hydrogen) atoms. The largest absolute Gasteiger partial charge is 0.449 e. The SMILES string of the molecule is Cc1nc(CCC(=O)N2CCN(Cc3ccccc3)CC2)co1. The lowest BCUT2D eigenvalue weighted by Crippen LogP contribution is -2.48. The Morgan fingerprint density at radius 3 is 2.57 bits per heavy atom. The van der Waals surface area contributed by atoms with Crippen molar-refractivity contribution >= 4 is 5.91 Å². The molecule has 0 atom stereocenters. The summed E-state index contributed by atoms with van der Waals surface area (Å²) in [5.74, 6) is 0.868. The van der Waals surface area contributed by atoms with Gasteiger partial charge in [-0.15, -0.1) is 0 Å². The molecule has 2 aromatic rings. The van der Waals surface area contributed by atoms with Gasteiger partial charge in [0.2, 0.25) is 5.91 Å². The number of piperazine rings is 1. The van der Waals surface area contributed by atoms with Gasteiger partial charge < -0.3 is 9.32 Å². The fourth-order valence-electron chi connectivity index (χ4n) is 2.91. The summed E-state index contributed by atoms with van der Waals surface area (Å²) in [6.45, 7) is 6.26. The van der Waals surface area contributed by atoms with Crippen molar-refractivity contribution < 1.29 is 9.21 Å². The molecular formula is C18H23N3O2. The first-order chi connectivity index (χ1) is 11.2. The molecule has 0 saturated carbocycles. The van der Waals surface area contributed by atoms with Crippen LogP contribution >= 0.6 is 0 Å². The Kier molecular flexibility index (Phi) is 5.08. The number of rotatable bonds is 5. The van der Waals surface area contributed by atoms with Crippen molar-refractivity contribution in [3.63, 3.8) is 0 Å². The van der Waals surface area contributed by atoms with Crippen LogP contribution in [0.25, 0.3) is 0 Å². The van der Waals surface area contributed by atoms with Crippen LogP contribution < -0.4 is 0 Å². The van der Waals surface area contributed by atoms with Gasteiger partial charge in [-0.2, -0.15) is 0 Å². The molecule has 1 saturated heterocycles. The van der Waals surface area contributed by atoms with Gasteiger partial charge in [-0.05, 0) is 5.56 Å². The molecule has 0 bridgehead atoms. The Morgan fingerprint density at radius 2 is 1.91 bits per heavy atom. The minimum Gasteiger partial charge on any atom is -0.449 e. The van der Waals surface area contributed by atoms with E-state index in [1.165, 1.54) is 5.56 Å². The zero-order valence-electron chi connectivity index (χ0n) is 13.6. The zero-order chi connectivity index (χ0) is 16.1. The van der Waals surface area contributed by atoms with Gasteiger partial charge in [-0.3, -0.25) is 9.69 Å². The van der Waals surface area contributed by atoms with E-state index in [9.17, 15) is 4.79 Å². The third-order valence-corrected chi connectivity index (χ3v) is 4.24. The number of hydrogen-bond acceptors (Lipinski definition) is 4. The third-order valence-electron chi connectivity index (χ3n) is 4.24. The van der Waals surface area contributed by atoms with E-state index in [0.717, 1.165) is 38.4 Å². The van der Waals surface area contributed by atoms with Crippen molar-refractivity contribution in [2.45, 2.75) is 26.3 Å². The predicted octanol–water partition coefficient (Wildman–Crippen LogP) is 2.26. The van der Waals surface area contributed by atoms with Crippen molar-refractivity contribution in [3.05, 3.63) is 53.7 Å². The molecule has 1 aliphatic heterocycles. The third kappa shape index (κ3) is 4.42. The Hall–Kier alpha value is -2.14. The molecule has 2 heterocycles. The molecule has 5 nitrogen and oxygen atoms in total. The van der Waals surface area contributed by atoms with Crippen LogP contribution in [0.5, 0.6) is 0 Å². The minimum atomic E-state index is 0.213. The number of carbonyl (C=O) groups is 1. The Balaban J connectivity index is 1.42. The second-order valence-corrected chi connectivity index (χ2v) is 6.00. The summed E-state index contributed by atoms with van der Waals surface area (Å²) in [5, 5.41) is 0. The van der Waals surface area contributed by atoms with Crippen molar-refractivity contribution in [2.75, 3.05) is 26.2 Å². The van der Waals surface area contributed by atoms with Crippen LogP contribution in [0.1, 0.15) is 23.6 Å². The standard InChI is InChI=1S/C18H23N3O2/c1-15-19-17(14-23-15)7-8-18(22)21-11-9-20(10-12-21)13-16-5-3-2-4-6-16/h2-6,14H,7-13H2,1H3. The van der Waals surface area contributed by atoms with E-state index in [0.29, 0.717) is 18.7 Å². The van der Waals surface area contributed by atoms with Gasteiger partial charge in [0.1, 0.15) is 6.26 Å². The summed E-state index contributed by atoms with van der Waals surface area (Å²) in [7, 11) is 0. The van der Waals surface area contributed by atoms with Crippen LogP contribution in [0.4, 0.5) is 0 Å². The molecule has 5 heteroatoms. The molecule has 0 radical (unpaired) electrons. The Bertz CT molecular complexity index is 631. The van der Waals surface area contributed by atoms with E-state index in [4.69, 9.17) is 4.42 Å². The lowest BCUT2D eigenvalue weighted by Gasteiger charge is -2.34. The van der Waals surface area contributed by atoms with Gasteiger partial charge >= 0.3 is 0 Å². The highest BCUT2D eigenvalue weighted by molar-refractivity contribution is 5.76. The second kappa shape index (κ2) is 7.42. The fraction of sp³-hybridized carbons (Fsp3) is 0.444. The lowest BCUT2D eigenvalue weighted by atomic mass is 10.2. The maximum Gasteiger partial charge on any atom is 0.223 e. The highest BCUT2D eigenvalue weighted by Crippen LogP contribution is 2.11. The van der Waals surface area contributed by atoms with Crippen molar-refractivity contribution in [1.82, 2.24) is 14.8 Å². The van der Waals surface area contributed by atoms with Crippen LogP contribution in [0.15, 0.2) is 41.0 Å². The molecule has 1 aromatic carbocycles. The summed E-state index contributed by atoms with van der Waals surface area (Å²) in [6, 6.07) is 10.5. The Morgan fingerprint density at radius 1 is 1.17 bits per heavy atom. The fourth-order valence-corrected chi connectivity index (χ4v) is 2.91. The average Bonchev–Trinajstić information content (AvgIpc) is 3.00. The highest BCUT2D eigenvalue weighted by Gasteiger charge is 2.21. The first-order valence-corrected chi connectivity index (χ1v) is 8.16. The molecule has 1 aliphatic rings. The smallest absolute Gasteiger partial charge is 0.223 e. The summed E-state index contributed by atoms with van der Waals surface area (Å²) in [6.07, 6.45) is 2.80. The monoisotopic (exact) mass is 313 g/mol. The van der Waals surface area contributed by atoms with Crippen LogP contribution in [-0.2, 0) is 17.8 Å². The topological polar surface area (TPSA) is 49.6 Å². The van der Waals surface area contributed by atoms with E-state index < -0.39 is 0 Å². The number of carbonyl (C=O) groups excluding carboxylic acids is 1. The van der Waals surface area contributed by atoms with E-state index in [-0.39, 0.29) is 5.91 Å². The number of oxazole rings is 1. The van der Waals surface area contributed by atoms with E-state index in [1.807, 2.05) is 17.9 Å². The maximum absolute atomic E-state index is 12.3. The average molecular weight is 313 g/mol. The number of hydrogen-bond donors (Lipinski definition) is 0. The molecule has 1 amide bonds. The van der Waals surface area contributed by atoms with Gasteiger partial charge in [0, 0.05) is 52.5 Å². The van der Waals surface area contributed by atoms with Gasteiger partial charge in [0.25, 0.3) is 0 Å². The molecule has 3 rings (SSSR count). The van der Waals surface area contributed by atoms with E-state index in [1.54, 1.807) is 6.26 Å². The molecule has 1 aromatic heterocycles. The van der Waals surface area contributed by atoms with Crippen molar-refractivity contribution in [3.8, 4) is 0 Å². The lowest BCUT2D eigenvalue weighted by molar-refractivity contribution is -0.133. The summed E-state index contributed by atoms with van der Waals surface area (Å²) >= 11 is 0. The predicted molar refractivity (Wildman–Crippen MR) is 87.9 cm³/mol. The quantitative estimate of drug-likeness (QED) is 0.849. The molecule has 0 N–H and O–H groups in total. The van der Waals surface area contributed by atoms with Crippen LogP contribution in [0, 0.1) is 6.92 Å². The molecule has 1 fully saturated rings. The van der Waals surface area contributed by atoms with Crippen LogP contribution in [-0.4, -0.2) is 46.9 Å². The zero-order valence-corrected chi connectivity index (χ0v) is 13.6. The highest BCUT2D eigenvalue weighted by atomic mass is 16.3. The van der Waals surface area contributed by atoms with Gasteiger partial charge in [0.05, 0.1) is 5.69 Å². The molecular weight excluding hydrogens is 290 g/mol. The number of aromatic nitrogens is 1. The number of nitrogens with zero attached hydrogens (tertiary/aromatic N) is 3.